The van der Waals surface area contributed by atoms with Gasteiger partial charge in [-0.2, -0.15) is 0 Å². The van der Waals surface area contributed by atoms with Gasteiger partial charge in [0.05, 0.1) is 0 Å². The van der Waals surface area contributed by atoms with Gasteiger partial charge in [-0.15, -0.1) is 0 Å². The first-order chi connectivity index (χ1) is 9.31. The molecule has 2 heterocycles. The first kappa shape index (κ1) is 15.1. The Labute approximate surface area is 123 Å². The Kier molecular flexibility index (Phi) is 4.21. The van der Waals surface area contributed by atoms with Crippen LogP contribution in [0.15, 0.2) is 6.07 Å². The summed E-state index contributed by atoms with van der Waals surface area (Å²) in [5, 5.41) is 3.16. The molecule has 0 aromatic carbocycles. The van der Waals surface area contributed by atoms with Crippen LogP contribution in [-0.2, 0) is 5.41 Å². The van der Waals surface area contributed by atoms with Crippen LogP contribution in [-0.4, -0.2) is 29.6 Å². The predicted molar refractivity (Wildman–Crippen MR) is 85.5 cm³/mol. The van der Waals surface area contributed by atoms with Gasteiger partial charge in [0.2, 0.25) is 0 Å². The molecule has 0 spiro atoms. The van der Waals surface area contributed by atoms with Gasteiger partial charge in [-0.3, -0.25) is 0 Å². The Balaban J connectivity index is 2.36. The molecule has 1 aliphatic rings. The Morgan fingerprint density at radius 3 is 2.50 bits per heavy atom. The third-order valence-corrected chi connectivity index (χ3v) is 4.07. The molecule has 0 aliphatic carbocycles. The number of piperidine rings is 1. The molecule has 112 valence electrons. The van der Waals surface area contributed by atoms with E-state index < -0.39 is 0 Å². The van der Waals surface area contributed by atoms with E-state index in [1.54, 1.807) is 0 Å². The lowest BCUT2D eigenvalue weighted by Gasteiger charge is -2.38. The Morgan fingerprint density at radius 1 is 1.25 bits per heavy atom. The van der Waals surface area contributed by atoms with Gasteiger partial charge in [-0.25, -0.2) is 9.97 Å². The number of nitrogens with one attached hydrogen (secondary N) is 1. The zero-order valence-corrected chi connectivity index (χ0v) is 13.7. The molecule has 2 unspecified atom stereocenters. The summed E-state index contributed by atoms with van der Waals surface area (Å²) in [6.07, 6.45) is 2.48. The minimum absolute atomic E-state index is 0.0338. The van der Waals surface area contributed by atoms with E-state index in [0.29, 0.717) is 6.04 Å². The molecular weight excluding hydrogens is 248 g/mol. The minimum atomic E-state index is -0.0338. The monoisotopic (exact) mass is 276 g/mol. The van der Waals surface area contributed by atoms with Crippen molar-refractivity contribution in [3.05, 3.63) is 11.9 Å². The Hall–Kier alpha value is -1.32. The normalized spacial score (nSPS) is 23.8. The summed E-state index contributed by atoms with van der Waals surface area (Å²) < 4.78 is 0. The van der Waals surface area contributed by atoms with Crippen LogP contribution in [0.2, 0.25) is 0 Å². The van der Waals surface area contributed by atoms with Crippen molar-refractivity contribution in [1.82, 2.24) is 9.97 Å². The summed E-state index contributed by atoms with van der Waals surface area (Å²) in [6.45, 7) is 12.2. The number of rotatable bonds is 2. The predicted octanol–water partition coefficient (Wildman–Crippen LogP) is 3.44. The van der Waals surface area contributed by atoms with Gasteiger partial charge >= 0.3 is 0 Å². The topological polar surface area (TPSA) is 41.0 Å². The summed E-state index contributed by atoms with van der Waals surface area (Å²) >= 11 is 0. The largest absolute Gasteiger partial charge is 0.373 e. The SMILES string of the molecule is CNc1cc(N2CCC(C)CC2C)nc(C(C)(C)C)n1. The van der Waals surface area contributed by atoms with Gasteiger partial charge in [-0.05, 0) is 25.7 Å². The first-order valence-electron chi connectivity index (χ1n) is 7.65. The highest BCUT2D eigenvalue weighted by molar-refractivity contribution is 5.50. The lowest BCUT2D eigenvalue weighted by Crippen LogP contribution is -2.41. The average molecular weight is 276 g/mol. The molecule has 1 aliphatic heterocycles. The molecule has 4 heteroatoms. The second kappa shape index (κ2) is 5.58. The van der Waals surface area contributed by atoms with Crippen LogP contribution in [0.4, 0.5) is 11.6 Å². The van der Waals surface area contributed by atoms with E-state index in [9.17, 15) is 0 Å². The molecule has 0 saturated carbocycles. The fraction of sp³-hybridized carbons (Fsp3) is 0.750. The van der Waals surface area contributed by atoms with E-state index in [1.165, 1.54) is 12.8 Å². The molecule has 1 saturated heterocycles. The molecule has 1 fully saturated rings. The van der Waals surface area contributed by atoms with Crippen molar-refractivity contribution in [1.29, 1.82) is 0 Å². The van der Waals surface area contributed by atoms with Crippen LogP contribution in [0.3, 0.4) is 0 Å². The van der Waals surface area contributed by atoms with Gasteiger partial charge in [0.1, 0.15) is 17.5 Å². The number of nitrogens with zero attached hydrogens (tertiary/aromatic N) is 3. The second-order valence-corrected chi connectivity index (χ2v) is 7.11. The van der Waals surface area contributed by atoms with E-state index in [1.807, 2.05) is 7.05 Å². The first-order valence-corrected chi connectivity index (χ1v) is 7.65. The highest BCUT2D eigenvalue weighted by Crippen LogP contribution is 2.29. The van der Waals surface area contributed by atoms with Gasteiger partial charge in [0, 0.05) is 31.1 Å². The molecule has 0 amide bonds. The fourth-order valence-corrected chi connectivity index (χ4v) is 2.79. The molecule has 1 aromatic rings. The third kappa shape index (κ3) is 3.22. The van der Waals surface area contributed by atoms with Crippen LogP contribution in [0.25, 0.3) is 0 Å². The van der Waals surface area contributed by atoms with Crippen molar-refractivity contribution in [3.8, 4) is 0 Å². The summed E-state index contributed by atoms with van der Waals surface area (Å²) in [7, 11) is 1.92. The summed E-state index contributed by atoms with van der Waals surface area (Å²) in [6, 6.07) is 2.62. The number of hydrogen-bond donors (Lipinski definition) is 1. The lowest BCUT2D eigenvalue weighted by atomic mass is 9.93. The van der Waals surface area contributed by atoms with Gasteiger partial charge in [-0.1, -0.05) is 27.7 Å². The van der Waals surface area contributed by atoms with Crippen LogP contribution < -0.4 is 10.2 Å². The lowest BCUT2D eigenvalue weighted by molar-refractivity contribution is 0.375. The van der Waals surface area contributed by atoms with E-state index in [-0.39, 0.29) is 5.41 Å². The standard InChI is InChI=1S/C16H28N4/c1-11-7-8-20(12(2)9-11)14-10-13(17-6)18-15(19-14)16(3,4)5/h10-12H,7-9H2,1-6H3,(H,17,18,19). The van der Waals surface area contributed by atoms with Crippen LogP contribution in [0, 0.1) is 5.92 Å². The maximum atomic E-state index is 4.83. The van der Waals surface area contributed by atoms with E-state index in [4.69, 9.17) is 4.98 Å². The van der Waals surface area contributed by atoms with Crippen molar-refractivity contribution in [2.45, 2.75) is 58.9 Å². The molecule has 1 aromatic heterocycles. The molecule has 20 heavy (non-hydrogen) atoms. The smallest absolute Gasteiger partial charge is 0.138 e. The average Bonchev–Trinajstić information content (AvgIpc) is 2.37. The second-order valence-electron chi connectivity index (χ2n) is 7.11. The van der Waals surface area contributed by atoms with Crippen molar-refractivity contribution < 1.29 is 0 Å². The highest BCUT2D eigenvalue weighted by Gasteiger charge is 2.26. The highest BCUT2D eigenvalue weighted by atomic mass is 15.2. The Bertz CT molecular complexity index is 464. The van der Waals surface area contributed by atoms with Crippen LogP contribution >= 0.6 is 0 Å². The molecular formula is C16H28N4. The molecule has 4 nitrogen and oxygen atoms in total. The summed E-state index contributed by atoms with van der Waals surface area (Å²) in [5.41, 5.74) is -0.0338. The minimum Gasteiger partial charge on any atom is -0.373 e. The quantitative estimate of drug-likeness (QED) is 0.898. The molecule has 2 atom stereocenters. The van der Waals surface area contributed by atoms with Gasteiger partial charge in [0.25, 0.3) is 0 Å². The zero-order valence-electron chi connectivity index (χ0n) is 13.7. The summed E-state index contributed by atoms with van der Waals surface area (Å²) in [4.78, 5) is 11.9. The zero-order chi connectivity index (χ0) is 14.9. The van der Waals surface area contributed by atoms with Crippen molar-refractivity contribution in [3.63, 3.8) is 0 Å². The third-order valence-electron chi connectivity index (χ3n) is 4.07. The van der Waals surface area contributed by atoms with Crippen LogP contribution in [0.1, 0.15) is 53.3 Å². The fourth-order valence-electron chi connectivity index (χ4n) is 2.79. The number of hydrogen-bond acceptors (Lipinski definition) is 4. The maximum Gasteiger partial charge on any atom is 0.138 e. The van der Waals surface area contributed by atoms with Crippen LogP contribution in [0.5, 0.6) is 0 Å². The number of aromatic nitrogens is 2. The molecule has 1 N–H and O–H groups in total. The van der Waals surface area contributed by atoms with E-state index >= 15 is 0 Å². The van der Waals surface area contributed by atoms with Crippen molar-refractivity contribution >= 4 is 11.6 Å². The Morgan fingerprint density at radius 2 is 1.95 bits per heavy atom. The van der Waals surface area contributed by atoms with Crippen molar-refractivity contribution in [2.24, 2.45) is 5.92 Å². The number of anilines is 2. The maximum absolute atomic E-state index is 4.83. The van der Waals surface area contributed by atoms with E-state index in [2.05, 4.69) is 55.9 Å². The van der Waals surface area contributed by atoms with Crippen molar-refractivity contribution in [2.75, 3.05) is 23.8 Å². The van der Waals surface area contributed by atoms with Gasteiger partial charge < -0.3 is 10.2 Å². The molecule has 0 bridgehead atoms. The van der Waals surface area contributed by atoms with Gasteiger partial charge in [0.15, 0.2) is 0 Å². The molecule has 0 radical (unpaired) electrons. The molecule has 2 rings (SSSR count). The summed E-state index contributed by atoms with van der Waals surface area (Å²) in [5.74, 6) is 3.69. The van der Waals surface area contributed by atoms with E-state index in [0.717, 1.165) is 29.9 Å².